The van der Waals surface area contributed by atoms with E-state index in [2.05, 4.69) is 25.7 Å². The molecule has 6 aromatic rings. The number of rotatable bonds is 11. The summed E-state index contributed by atoms with van der Waals surface area (Å²) in [4.78, 5) is 30.1. The Bertz CT molecular complexity index is 2660. The first-order valence-electron chi connectivity index (χ1n) is 20.8. The summed E-state index contributed by atoms with van der Waals surface area (Å²) < 4.78 is 111. The molecule has 0 aliphatic carbocycles. The smallest absolute Gasteiger partial charge is 0.413 e. The maximum Gasteiger partial charge on any atom is 0.470 e. The maximum atomic E-state index is 13.5. The number of anilines is 2. The Morgan fingerprint density at radius 3 is 1.33 bits per heavy atom. The molecular weight excluding hydrogens is 930 g/mol. The van der Waals surface area contributed by atoms with Crippen LogP contribution in [0, 0.1) is 11.8 Å². The van der Waals surface area contributed by atoms with Crippen LogP contribution >= 0.6 is 12.4 Å². The molecule has 2 saturated heterocycles. The van der Waals surface area contributed by atoms with Crippen molar-refractivity contribution in [2.24, 2.45) is 11.8 Å². The van der Waals surface area contributed by atoms with Gasteiger partial charge in [-0.25, -0.2) is 12.7 Å². The number of nitrogens with zero attached hydrogens (tertiary/aromatic N) is 7. The van der Waals surface area contributed by atoms with Gasteiger partial charge in [-0.05, 0) is 98.4 Å². The summed E-state index contributed by atoms with van der Waals surface area (Å²) >= 11 is 0. The lowest BCUT2D eigenvalue weighted by molar-refractivity contribution is -0.157. The number of carbonyl (C=O) groups is 2. The number of piperidine rings is 2. The number of benzene rings is 4. The van der Waals surface area contributed by atoms with Crippen LogP contribution in [0.5, 0.6) is 0 Å². The fourth-order valence-electron chi connectivity index (χ4n) is 7.53. The molecule has 67 heavy (non-hydrogen) atoms. The van der Waals surface area contributed by atoms with Crippen molar-refractivity contribution in [2.75, 3.05) is 42.2 Å². The minimum atomic E-state index is -4.72. The molecule has 0 unspecified atom stereocenters. The molecule has 2 aliphatic rings. The number of para-hydroxylation sites is 2. The van der Waals surface area contributed by atoms with Crippen LogP contribution in [0.25, 0.3) is 22.9 Å². The summed E-state index contributed by atoms with van der Waals surface area (Å²) in [5.74, 6) is -3.66. The van der Waals surface area contributed by atoms with Gasteiger partial charge in [-0.3, -0.25) is 9.59 Å². The highest BCUT2D eigenvalue weighted by molar-refractivity contribution is 7.88. The second-order valence-corrected chi connectivity index (χ2v) is 17.7. The van der Waals surface area contributed by atoms with Gasteiger partial charge in [0.2, 0.25) is 33.6 Å². The van der Waals surface area contributed by atoms with Gasteiger partial charge >= 0.3 is 24.1 Å². The Labute approximate surface area is 387 Å². The highest BCUT2D eigenvalue weighted by Crippen LogP contribution is 2.33. The quantitative estimate of drug-likeness (QED) is 0.123. The molecule has 0 bridgehead atoms. The van der Waals surface area contributed by atoms with Crippen LogP contribution in [0.4, 0.5) is 37.7 Å². The van der Waals surface area contributed by atoms with Gasteiger partial charge in [0.05, 0.1) is 19.3 Å². The van der Waals surface area contributed by atoms with Gasteiger partial charge in [0.25, 0.3) is 0 Å². The Kier molecular flexibility index (Phi) is 16.2. The van der Waals surface area contributed by atoms with E-state index in [1.54, 1.807) is 58.3 Å². The molecule has 2 aliphatic heterocycles. The van der Waals surface area contributed by atoms with Gasteiger partial charge in [0.1, 0.15) is 0 Å². The number of halogens is 7. The van der Waals surface area contributed by atoms with Crippen molar-refractivity contribution >= 4 is 45.6 Å². The SMILES string of the molecule is CS(=O)(=O)N1CCC(C(=O)N(Cc2ccc(-c3nnc(C(F)(F)F)o3)cc2)c2ccccc2)CC1.Cl.O=C(C1CCNCC1)N(Cc1ccc(-c2nnc(C(F)(F)F)o2)cc1)c1ccccc1. The molecule has 1 N–H and O–H groups in total. The molecule has 4 aromatic carbocycles. The zero-order valence-corrected chi connectivity index (χ0v) is 37.4. The first kappa shape index (κ1) is 50.3. The van der Waals surface area contributed by atoms with Crippen molar-refractivity contribution in [3.05, 3.63) is 132 Å². The van der Waals surface area contributed by atoms with Crippen LogP contribution in [-0.2, 0) is 45.1 Å². The molecule has 0 spiro atoms. The molecule has 2 fully saturated rings. The van der Waals surface area contributed by atoms with Crippen molar-refractivity contribution in [2.45, 2.75) is 51.1 Å². The molecule has 2 amide bonds. The lowest BCUT2D eigenvalue weighted by Crippen LogP contribution is -2.44. The fourth-order valence-corrected chi connectivity index (χ4v) is 8.41. The number of alkyl halides is 6. The highest BCUT2D eigenvalue weighted by Gasteiger charge is 2.39. The van der Waals surface area contributed by atoms with Crippen LogP contribution in [0.15, 0.2) is 118 Å². The number of hydrogen-bond acceptors (Lipinski definition) is 11. The molecule has 4 heterocycles. The second kappa shape index (κ2) is 21.6. The average Bonchev–Trinajstić information content (AvgIpc) is 4.04. The summed E-state index contributed by atoms with van der Waals surface area (Å²) in [5.41, 5.74) is 3.78. The lowest BCUT2D eigenvalue weighted by atomic mass is 9.96. The number of aromatic nitrogens is 4. The zero-order valence-electron chi connectivity index (χ0n) is 35.8. The molecule has 8 rings (SSSR count). The zero-order chi connectivity index (χ0) is 47.1. The Morgan fingerprint density at radius 2 is 0.985 bits per heavy atom. The van der Waals surface area contributed by atoms with E-state index in [-0.39, 0.29) is 67.5 Å². The Hall–Kier alpha value is -6.16. The monoisotopic (exact) mass is 974 g/mol. The van der Waals surface area contributed by atoms with E-state index in [0.29, 0.717) is 36.2 Å². The first-order valence-corrected chi connectivity index (χ1v) is 22.7. The minimum Gasteiger partial charge on any atom is -0.413 e. The molecule has 22 heteroatoms. The third-order valence-electron chi connectivity index (χ3n) is 11.0. The van der Waals surface area contributed by atoms with E-state index in [1.165, 1.54) is 4.31 Å². The summed E-state index contributed by atoms with van der Waals surface area (Å²) in [6.45, 7) is 2.79. The van der Waals surface area contributed by atoms with Crippen LogP contribution in [0.1, 0.15) is 48.6 Å². The lowest BCUT2D eigenvalue weighted by Gasteiger charge is -2.33. The summed E-state index contributed by atoms with van der Waals surface area (Å²) in [7, 11) is -3.30. The van der Waals surface area contributed by atoms with E-state index in [9.17, 15) is 44.3 Å². The van der Waals surface area contributed by atoms with Gasteiger partial charge in [-0.1, -0.05) is 60.7 Å². The van der Waals surface area contributed by atoms with E-state index in [0.717, 1.165) is 49.0 Å². The van der Waals surface area contributed by atoms with Crippen LogP contribution in [-0.4, -0.2) is 77.4 Å². The Morgan fingerprint density at radius 1 is 0.612 bits per heavy atom. The molecule has 0 saturated carbocycles. The van der Waals surface area contributed by atoms with Gasteiger partial charge in [-0.15, -0.1) is 32.8 Å². The van der Waals surface area contributed by atoms with Gasteiger partial charge < -0.3 is 24.0 Å². The van der Waals surface area contributed by atoms with Gasteiger partial charge in [0, 0.05) is 47.4 Å². The van der Waals surface area contributed by atoms with Crippen molar-refractivity contribution in [3.63, 3.8) is 0 Å². The predicted molar refractivity (Wildman–Crippen MR) is 237 cm³/mol. The van der Waals surface area contributed by atoms with Crippen LogP contribution in [0.2, 0.25) is 0 Å². The van der Waals surface area contributed by atoms with Gasteiger partial charge in [0.15, 0.2) is 0 Å². The van der Waals surface area contributed by atoms with Crippen LogP contribution < -0.4 is 15.1 Å². The minimum absolute atomic E-state index is 0. The van der Waals surface area contributed by atoms with E-state index < -0.39 is 34.2 Å². The number of carbonyl (C=O) groups excluding carboxylic acids is 2. The normalized spacial score (nSPS) is 15.2. The summed E-state index contributed by atoms with van der Waals surface area (Å²) in [5, 5.41) is 16.3. The topological polar surface area (TPSA) is 168 Å². The van der Waals surface area contributed by atoms with E-state index in [4.69, 9.17) is 8.83 Å². The van der Waals surface area contributed by atoms with Crippen molar-refractivity contribution < 1.29 is 53.2 Å². The standard InChI is InChI=1S/C23H23F3N4O4S.C22H21F3N4O2.ClH/c1-35(32,33)29-13-11-18(12-14-29)21(31)30(19-5-3-2-4-6-19)15-16-7-9-17(10-8-16)20-27-28-22(34-20)23(24,25)26;23-22(24,25)21-28-27-19(31-21)16-8-6-15(7-9-16)14-29(18-4-2-1-3-5-18)20(30)17-10-12-26-13-11-17;/h2-10,18H,11-15H2,1H3;1-9,17,26H,10-14H2;1H. The van der Waals surface area contributed by atoms with Crippen LogP contribution in [0.3, 0.4) is 0 Å². The largest absolute Gasteiger partial charge is 0.470 e. The number of hydrogen-bond donors (Lipinski definition) is 1. The summed E-state index contributed by atoms with van der Waals surface area (Å²) in [6.07, 6.45) is -5.82. The predicted octanol–water partition coefficient (Wildman–Crippen LogP) is 8.67. The fraction of sp³-hybridized carbons (Fsp3) is 0.333. The van der Waals surface area contributed by atoms with Crippen molar-refractivity contribution in [1.29, 1.82) is 0 Å². The van der Waals surface area contributed by atoms with E-state index in [1.807, 2.05) is 60.7 Å². The number of sulfonamides is 1. The van der Waals surface area contributed by atoms with Crippen molar-refractivity contribution in [3.8, 4) is 22.9 Å². The number of amides is 2. The van der Waals surface area contributed by atoms with Gasteiger partial charge in [-0.2, -0.15) is 26.3 Å². The highest BCUT2D eigenvalue weighted by atomic mass is 35.5. The molecule has 0 atom stereocenters. The second-order valence-electron chi connectivity index (χ2n) is 15.7. The van der Waals surface area contributed by atoms with E-state index >= 15 is 0 Å². The number of nitrogens with one attached hydrogen (secondary N) is 1. The molecule has 0 radical (unpaired) electrons. The molecule has 14 nitrogen and oxygen atoms in total. The third kappa shape index (κ3) is 13.1. The first-order chi connectivity index (χ1) is 31.4. The molecular formula is C45H45ClF6N8O6S. The average molecular weight is 975 g/mol. The van der Waals surface area contributed by atoms with Crippen molar-refractivity contribution in [1.82, 2.24) is 30.0 Å². The molecule has 2 aromatic heterocycles. The maximum absolute atomic E-state index is 13.5. The molecule has 356 valence electrons. The summed E-state index contributed by atoms with van der Waals surface area (Å²) in [6, 6.07) is 31.8. The Balaban J connectivity index is 0.000000219. The third-order valence-corrected chi connectivity index (χ3v) is 12.3.